The number of rotatable bonds is 7. The number of anilines is 2. The van der Waals surface area contributed by atoms with Crippen molar-refractivity contribution in [2.45, 2.75) is 45.3 Å². The van der Waals surface area contributed by atoms with Crippen molar-refractivity contribution < 1.29 is 12.8 Å². The molecule has 0 aliphatic carbocycles. The summed E-state index contributed by atoms with van der Waals surface area (Å²) in [7, 11) is -3.22. The first-order valence-electron chi connectivity index (χ1n) is 12.0. The quantitative estimate of drug-likeness (QED) is 0.523. The van der Waals surface area contributed by atoms with E-state index in [2.05, 4.69) is 39.1 Å². The van der Waals surface area contributed by atoms with E-state index in [1.54, 1.807) is 24.3 Å². The predicted octanol–water partition coefficient (Wildman–Crippen LogP) is 2.98. The molecule has 4 heterocycles. The van der Waals surface area contributed by atoms with Gasteiger partial charge in [-0.05, 0) is 44.4 Å². The molecule has 2 N–H and O–H groups in total. The van der Waals surface area contributed by atoms with Crippen molar-refractivity contribution in [1.82, 2.24) is 24.5 Å². The van der Waals surface area contributed by atoms with E-state index in [0.717, 1.165) is 31.4 Å². The number of hydrogen-bond donors (Lipinski definition) is 1. The van der Waals surface area contributed by atoms with Gasteiger partial charge in [0.15, 0.2) is 11.5 Å². The van der Waals surface area contributed by atoms with Crippen LogP contribution in [-0.4, -0.2) is 64.3 Å². The summed E-state index contributed by atoms with van der Waals surface area (Å²) in [6, 6.07) is 8.07. The molecule has 2 aliphatic heterocycles. The molecular formula is C24H31N7O3S. The molecule has 0 saturated carbocycles. The number of nitrogen functional groups attached to an aromatic ring is 1. The Labute approximate surface area is 205 Å². The van der Waals surface area contributed by atoms with Crippen molar-refractivity contribution in [2.75, 3.05) is 36.8 Å². The lowest BCUT2D eigenvalue weighted by Crippen LogP contribution is -2.60. The Morgan fingerprint density at radius 1 is 1.11 bits per heavy atom. The third-order valence-electron chi connectivity index (χ3n) is 6.90. The van der Waals surface area contributed by atoms with E-state index in [4.69, 9.17) is 15.1 Å². The Bertz CT molecular complexity index is 1320. The lowest BCUT2D eigenvalue weighted by atomic mass is 9.81. The van der Waals surface area contributed by atoms with Crippen LogP contribution in [0.25, 0.3) is 23.0 Å². The Morgan fingerprint density at radius 2 is 1.83 bits per heavy atom. The number of hydrogen-bond acceptors (Lipinski definition) is 9. The van der Waals surface area contributed by atoms with Crippen LogP contribution in [0.5, 0.6) is 0 Å². The third-order valence-corrected chi connectivity index (χ3v) is 9.07. The van der Waals surface area contributed by atoms with E-state index < -0.39 is 15.3 Å². The lowest BCUT2D eigenvalue weighted by Gasteiger charge is -2.47. The van der Waals surface area contributed by atoms with Crippen LogP contribution >= 0.6 is 0 Å². The van der Waals surface area contributed by atoms with Gasteiger partial charge in [0.25, 0.3) is 5.89 Å². The van der Waals surface area contributed by atoms with Crippen molar-refractivity contribution in [3.8, 4) is 23.0 Å². The molecule has 1 aromatic carbocycles. The van der Waals surface area contributed by atoms with Crippen molar-refractivity contribution in [3.05, 3.63) is 36.0 Å². The van der Waals surface area contributed by atoms with Gasteiger partial charge in [0.1, 0.15) is 5.82 Å². The lowest BCUT2D eigenvalue weighted by molar-refractivity contribution is 0.0928. The fourth-order valence-electron chi connectivity index (χ4n) is 4.81. The summed E-state index contributed by atoms with van der Waals surface area (Å²) in [5.74, 6) is 1.50. The van der Waals surface area contributed by atoms with E-state index in [-0.39, 0.29) is 17.1 Å². The average molecular weight is 498 g/mol. The zero-order valence-electron chi connectivity index (χ0n) is 20.3. The average Bonchev–Trinajstić information content (AvgIpc) is 3.47. The molecule has 2 fully saturated rings. The minimum atomic E-state index is -3.22. The number of aryl methyl sites for hydroxylation is 1. The molecule has 35 heavy (non-hydrogen) atoms. The van der Waals surface area contributed by atoms with E-state index >= 15 is 0 Å². The highest BCUT2D eigenvalue weighted by Gasteiger charge is 2.52. The molecular weight excluding hydrogens is 466 g/mol. The van der Waals surface area contributed by atoms with Crippen LogP contribution in [0, 0.1) is 5.41 Å². The van der Waals surface area contributed by atoms with Crippen molar-refractivity contribution in [2.24, 2.45) is 5.41 Å². The molecule has 0 amide bonds. The zero-order chi connectivity index (χ0) is 24.8. The molecule has 11 heteroatoms. The first-order chi connectivity index (χ1) is 16.7. The van der Waals surface area contributed by atoms with Gasteiger partial charge in [-0.25, -0.2) is 22.7 Å². The third kappa shape index (κ3) is 4.38. The minimum absolute atomic E-state index is 0.0488. The van der Waals surface area contributed by atoms with Gasteiger partial charge < -0.3 is 15.1 Å². The summed E-state index contributed by atoms with van der Waals surface area (Å²) in [6.07, 6.45) is 4.66. The predicted molar refractivity (Wildman–Crippen MR) is 134 cm³/mol. The fraction of sp³-hybridized carbons (Fsp3) is 0.500. The van der Waals surface area contributed by atoms with E-state index in [1.807, 2.05) is 12.1 Å². The van der Waals surface area contributed by atoms with E-state index in [1.165, 1.54) is 5.56 Å². The summed E-state index contributed by atoms with van der Waals surface area (Å²) in [5, 5.41) is 7.94. The van der Waals surface area contributed by atoms with Gasteiger partial charge in [0.05, 0.1) is 11.4 Å². The number of benzene rings is 1. The van der Waals surface area contributed by atoms with Crippen molar-refractivity contribution in [1.29, 1.82) is 0 Å². The summed E-state index contributed by atoms with van der Waals surface area (Å²) in [4.78, 5) is 11.1. The molecule has 0 atom stereocenters. The van der Waals surface area contributed by atoms with Gasteiger partial charge in [0.2, 0.25) is 15.9 Å². The smallest absolute Gasteiger partial charge is 0.270 e. The molecule has 3 aromatic rings. The topological polar surface area (TPSA) is 131 Å². The maximum atomic E-state index is 12.4. The Kier molecular flexibility index (Phi) is 6.00. The molecule has 2 saturated heterocycles. The van der Waals surface area contributed by atoms with Gasteiger partial charge in [-0.3, -0.25) is 0 Å². The maximum absolute atomic E-state index is 12.4. The van der Waals surface area contributed by atoms with Crippen LogP contribution in [0.1, 0.15) is 39.2 Å². The number of aromatic nitrogens is 4. The van der Waals surface area contributed by atoms with Gasteiger partial charge in [-0.1, -0.05) is 25.5 Å². The van der Waals surface area contributed by atoms with Crippen LogP contribution in [0.4, 0.5) is 11.6 Å². The molecule has 0 radical (unpaired) electrons. The minimum Gasteiger partial charge on any atom is -0.414 e. The molecule has 186 valence electrons. The first-order valence-corrected chi connectivity index (χ1v) is 13.5. The standard InChI is InChI=1S/C24H31N7O3S/c1-4-5-17-6-8-18(9-7-17)22-28-29-23(34-22)20-21(25)26-12-19(27-20)30-11-10-24(13-30)14-31(15-24)35(32,33)16(2)3/h6-9,12,16H,4-5,10-11,13-15H2,1-3H3,(H2,25,26). The molecule has 2 aromatic heterocycles. The van der Waals surface area contributed by atoms with Gasteiger partial charge in [0, 0.05) is 37.2 Å². The normalized spacial score (nSPS) is 17.9. The van der Waals surface area contributed by atoms with E-state index in [0.29, 0.717) is 37.0 Å². The molecule has 0 bridgehead atoms. The van der Waals surface area contributed by atoms with Crippen LogP contribution in [0.2, 0.25) is 0 Å². The highest BCUT2D eigenvalue weighted by molar-refractivity contribution is 7.89. The molecule has 1 spiro atoms. The Balaban J connectivity index is 1.32. The summed E-state index contributed by atoms with van der Waals surface area (Å²) >= 11 is 0. The largest absolute Gasteiger partial charge is 0.414 e. The highest BCUT2D eigenvalue weighted by atomic mass is 32.2. The monoisotopic (exact) mass is 497 g/mol. The second-order valence-corrected chi connectivity index (χ2v) is 12.3. The van der Waals surface area contributed by atoms with Crippen molar-refractivity contribution >= 4 is 21.7 Å². The van der Waals surface area contributed by atoms with Gasteiger partial charge in [-0.15, -0.1) is 10.2 Å². The van der Waals surface area contributed by atoms with Crippen LogP contribution in [0.15, 0.2) is 34.9 Å². The van der Waals surface area contributed by atoms with Crippen LogP contribution < -0.4 is 10.6 Å². The van der Waals surface area contributed by atoms with E-state index in [9.17, 15) is 8.42 Å². The summed E-state index contributed by atoms with van der Waals surface area (Å²) < 4.78 is 32.4. The summed E-state index contributed by atoms with van der Waals surface area (Å²) in [6.45, 7) is 8.17. The molecule has 5 rings (SSSR count). The fourth-order valence-corrected chi connectivity index (χ4v) is 6.31. The molecule has 2 aliphatic rings. The SMILES string of the molecule is CCCc1ccc(-c2nnc(-c3nc(N4CCC5(C4)CN(S(=O)(=O)C(C)C)C5)cnc3N)o2)cc1. The van der Waals surface area contributed by atoms with Crippen LogP contribution in [0.3, 0.4) is 0 Å². The first kappa shape index (κ1) is 23.7. The van der Waals surface area contributed by atoms with Crippen molar-refractivity contribution in [3.63, 3.8) is 0 Å². The van der Waals surface area contributed by atoms with Gasteiger partial charge in [-0.2, -0.15) is 0 Å². The number of sulfonamides is 1. The molecule has 0 unspecified atom stereocenters. The number of nitrogens with two attached hydrogens (primary N) is 1. The highest BCUT2D eigenvalue weighted by Crippen LogP contribution is 2.43. The molecule has 10 nitrogen and oxygen atoms in total. The summed E-state index contributed by atoms with van der Waals surface area (Å²) in [5.41, 5.74) is 8.51. The second kappa shape index (κ2) is 8.87. The van der Waals surface area contributed by atoms with Crippen LogP contribution in [-0.2, 0) is 16.4 Å². The maximum Gasteiger partial charge on any atom is 0.270 e. The Morgan fingerprint density at radius 3 is 2.51 bits per heavy atom. The second-order valence-electron chi connectivity index (χ2n) is 9.85. The number of nitrogens with zero attached hydrogens (tertiary/aromatic N) is 6. The zero-order valence-corrected chi connectivity index (χ0v) is 21.1. The Hall–Kier alpha value is -3.05. The van der Waals surface area contributed by atoms with Gasteiger partial charge >= 0.3 is 0 Å².